The van der Waals surface area contributed by atoms with Crippen LogP contribution < -0.4 is 5.32 Å². The smallest absolute Gasteiger partial charge is 0.329 e. The summed E-state index contributed by atoms with van der Waals surface area (Å²) in [4.78, 5) is 22.7. The number of aliphatic carboxylic acids is 1. The van der Waals surface area contributed by atoms with Gasteiger partial charge in [0.05, 0.1) is 4.83 Å². The average molecular weight is 292 g/mol. The van der Waals surface area contributed by atoms with E-state index < -0.39 is 11.5 Å². The van der Waals surface area contributed by atoms with E-state index in [-0.39, 0.29) is 16.7 Å². The molecule has 4 nitrogen and oxygen atoms in total. The standard InChI is InChI=1S/C11H18BrNO3/c1-7(2)8(12)9(14)13-11(10(15)16)5-3-4-6-11/h7-8H,3-6H2,1-2H3,(H,13,14)(H,15,16)/t8-/m1/s1. The predicted molar refractivity (Wildman–Crippen MR) is 64.5 cm³/mol. The molecule has 1 amide bonds. The van der Waals surface area contributed by atoms with Gasteiger partial charge in [0.2, 0.25) is 5.91 Å². The maximum absolute atomic E-state index is 11.8. The summed E-state index contributed by atoms with van der Waals surface area (Å²) in [5.74, 6) is -0.992. The van der Waals surface area contributed by atoms with Crippen LogP contribution in [0.5, 0.6) is 0 Å². The number of carboxylic acid groups (broad SMARTS) is 1. The van der Waals surface area contributed by atoms with Crippen LogP contribution in [0.4, 0.5) is 0 Å². The van der Waals surface area contributed by atoms with E-state index in [1.165, 1.54) is 0 Å². The van der Waals surface area contributed by atoms with Gasteiger partial charge in [-0.3, -0.25) is 4.79 Å². The fraction of sp³-hybridized carbons (Fsp3) is 0.818. The Morgan fingerprint density at radius 3 is 2.19 bits per heavy atom. The summed E-state index contributed by atoms with van der Waals surface area (Å²) in [5.41, 5.74) is -1.03. The van der Waals surface area contributed by atoms with E-state index in [1.54, 1.807) is 0 Å². The van der Waals surface area contributed by atoms with Crippen molar-refractivity contribution in [2.75, 3.05) is 0 Å². The number of rotatable bonds is 4. The Balaban J connectivity index is 2.70. The number of carbonyl (C=O) groups excluding carboxylic acids is 1. The number of carboxylic acids is 1. The highest BCUT2D eigenvalue weighted by Crippen LogP contribution is 2.30. The molecule has 0 bridgehead atoms. The molecule has 1 saturated carbocycles. The number of carbonyl (C=O) groups is 2. The Kier molecular flexibility index (Phi) is 4.35. The molecule has 2 N–H and O–H groups in total. The van der Waals surface area contributed by atoms with Crippen LogP contribution in [0, 0.1) is 5.92 Å². The summed E-state index contributed by atoms with van der Waals surface area (Å²) in [7, 11) is 0. The highest BCUT2D eigenvalue weighted by molar-refractivity contribution is 9.10. The molecule has 0 unspecified atom stereocenters. The molecule has 1 rings (SSSR count). The molecule has 1 aliphatic rings. The van der Waals surface area contributed by atoms with Gasteiger partial charge >= 0.3 is 5.97 Å². The van der Waals surface area contributed by atoms with Gasteiger partial charge in [-0.15, -0.1) is 0 Å². The van der Waals surface area contributed by atoms with Crippen LogP contribution in [0.2, 0.25) is 0 Å². The van der Waals surface area contributed by atoms with Gasteiger partial charge in [-0.1, -0.05) is 42.6 Å². The highest BCUT2D eigenvalue weighted by atomic mass is 79.9. The quantitative estimate of drug-likeness (QED) is 0.778. The van der Waals surface area contributed by atoms with Gasteiger partial charge in [-0.2, -0.15) is 0 Å². The van der Waals surface area contributed by atoms with Crippen molar-refractivity contribution in [1.29, 1.82) is 0 Å². The van der Waals surface area contributed by atoms with Crippen molar-refractivity contribution in [1.82, 2.24) is 5.32 Å². The Hall–Kier alpha value is -0.580. The third-order valence-electron chi connectivity index (χ3n) is 3.06. The van der Waals surface area contributed by atoms with Crippen molar-refractivity contribution in [2.24, 2.45) is 5.92 Å². The molecule has 0 heterocycles. The minimum absolute atomic E-state index is 0.146. The minimum Gasteiger partial charge on any atom is -0.480 e. The van der Waals surface area contributed by atoms with E-state index in [0.29, 0.717) is 12.8 Å². The molecule has 0 aromatic rings. The maximum Gasteiger partial charge on any atom is 0.329 e. The molecule has 0 aliphatic heterocycles. The lowest BCUT2D eigenvalue weighted by atomic mass is 9.97. The molecule has 0 radical (unpaired) electrons. The SMILES string of the molecule is CC(C)[C@@H](Br)C(=O)NC1(C(=O)O)CCCC1. The number of amides is 1. The second-order valence-electron chi connectivity index (χ2n) is 4.73. The molecule has 0 saturated heterocycles. The summed E-state index contributed by atoms with van der Waals surface area (Å²) in [6.45, 7) is 3.84. The van der Waals surface area contributed by atoms with Gasteiger partial charge < -0.3 is 10.4 Å². The second-order valence-corrected chi connectivity index (χ2v) is 5.72. The van der Waals surface area contributed by atoms with E-state index in [0.717, 1.165) is 12.8 Å². The minimum atomic E-state index is -1.03. The molecule has 0 aromatic carbocycles. The Labute approximate surface area is 104 Å². The molecule has 1 fully saturated rings. The van der Waals surface area contributed by atoms with E-state index in [9.17, 15) is 14.7 Å². The second kappa shape index (κ2) is 5.17. The molecule has 0 spiro atoms. The van der Waals surface area contributed by atoms with Gasteiger partial charge in [0, 0.05) is 0 Å². The summed E-state index contributed by atoms with van der Waals surface area (Å²) < 4.78 is 0. The van der Waals surface area contributed by atoms with Crippen molar-refractivity contribution in [3.63, 3.8) is 0 Å². The molecule has 1 aliphatic carbocycles. The molecule has 92 valence electrons. The average Bonchev–Trinajstić information content (AvgIpc) is 2.66. The van der Waals surface area contributed by atoms with Crippen molar-refractivity contribution >= 4 is 27.8 Å². The number of halogens is 1. The molecule has 5 heteroatoms. The highest BCUT2D eigenvalue weighted by Gasteiger charge is 2.43. The zero-order valence-corrected chi connectivity index (χ0v) is 11.2. The summed E-state index contributed by atoms with van der Waals surface area (Å²) in [6, 6.07) is 0. The molecule has 1 atom stereocenters. The fourth-order valence-electron chi connectivity index (χ4n) is 1.98. The zero-order chi connectivity index (χ0) is 12.3. The lowest BCUT2D eigenvalue weighted by molar-refractivity contribution is -0.147. The van der Waals surface area contributed by atoms with Crippen LogP contribution in [-0.2, 0) is 9.59 Å². The van der Waals surface area contributed by atoms with E-state index in [1.807, 2.05) is 13.8 Å². The van der Waals surface area contributed by atoms with Gasteiger partial charge in [-0.05, 0) is 18.8 Å². The molecular weight excluding hydrogens is 274 g/mol. The first-order valence-corrected chi connectivity index (χ1v) is 6.50. The maximum atomic E-state index is 11.8. The van der Waals surface area contributed by atoms with Crippen molar-refractivity contribution in [3.05, 3.63) is 0 Å². The zero-order valence-electron chi connectivity index (χ0n) is 9.62. The van der Waals surface area contributed by atoms with Crippen LogP contribution in [0.1, 0.15) is 39.5 Å². The van der Waals surface area contributed by atoms with Crippen molar-refractivity contribution in [3.8, 4) is 0 Å². The third kappa shape index (κ3) is 2.75. The van der Waals surface area contributed by atoms with E-state index in [2.05, 4.69) is 21.2 Å². The summed E-state index contributed by atoms with van der Waals surface area (Å²) >= 11 is 3.28. The van der Waals surface area contributed by atoms with Crippen molar-refractivity contribution < 1.29 is 14.7 Å². The molecule has 16 heavy (non-hydrogen) atoms. The third-order valence-corrected chi connectivity index (χ3v) is 4.54. The number of alkyl halides is 1. The van der Waals surface area contributed by atoms with Gasteiger partial charge in [0.1, 0.15) is 5.54 Å². The number of hydrogen-bond acceptors (Lipinski definition) is 2. The van der Waals surface area contributed by atoms with E-state index >= 15 is 0 Å². The van der Waals surface area contributed by atoms with Crippen LogP contribution in [0.3, 0.4) is 0 Å². The van der Waals surface area contributed by atoms with Crippen LogP contribution in [-0.4, -0.2) is 27.3 Å². The van der Waals surface area contributed by atoms with E-state index in [4.69, 9.17) is 0 Å². The van der Waals surface area contributed by atoms with Crippen LogP contribution in [0.15, 0.2) is 0 Å². The Bertz CT molecular complexity index is 285. The van der Waals surface area contributed by atoms with Gasteiger partial charge in [0.15, 0.2) is 0 Å². The lowest BCUT2D eigenvalue weighted by Crippen LogP contribution is -2.54. The predicted octanol–water partition coefficient (Wildman–Crippen LogP) is 1.92. The van der Waals surface area contributed by atoms with Gasteiger partial charge in [0.25, 0.3) is 0 Å². The normalized spacial score (nSPS) is 20.8. The van der Waals surface area contributed by atoms with Crippen LogP contribution in [0.25, 0.3) is 0 Å². The first kappa shape index (κ1) is 13.5. The molecular formula is C11H18BrNO3. The largest absolute Gasteiger partial charge is 0.480 e. The number of hydrogen-bond donors (Lipinski definition) is 2. The lowest BCUT2D eigenvalue weighted by Gasteiger charge is -2.27. The Morgan fingerprint density at radius 2 is 1.81 bits per heavy atom. The first-order chi connectivity index (χ1) is 7.39. The first-order valence-electron chi connectivity index (χ1n) is 5.58. The van der Waals surface area contributed by atoms with Crippen LogP contribution >= 0.6 is 15.9 Å². The fourth-order valence-corrected chi connectivity index (χ4v) is 2.09. The summed E-state index contributed by atoms with van der Waals surface area (Å²) in [5, 5.41) is 11.9. The molecule has 0 aromatic heterocycles. The van der Waals surface area contributed by atoms with Crippen molar-refractivity contribution in [2.45, 2.75) is 49.9 Å². The topological polar surface area (TPSA) is 66.4 Å². The monoisotopic (exact) mass is 291 g/mol. The van der Waals surface area contributed by atoms with Gasteiger partial charge in [-0.25, -0.2) is 4.79 Å². The number of nitrogens with one attached hydrogen (secondary N) is 1. The summed E-state index contributed by atoms with van der Waals surface area (Å²) in [6.07, 6.45) is 2.79. The Morgan fingerprint density at radius 1 is 1.31 bits per heavy atom.